The number of rotatable bonds is 7. The molecule has 21 heavy (non-hydrogen) atoms. The van der Waals surface area contributed by atoms with Crippen LogP contribution in [0.25, 0.3) is 0 Å². The van der Waals surface area contributed by atoms with Gasteiger partial charge in [0.2, 0.25) is 5.91 Å². The van der Waals surface area contributed by atoms with Gasteiger partial charge in [0.25, 0.3) is 0 Å². The smallest absolute Gasteiger partial charge is 0.242 e. The third-order valence-corrected chi connectivity index (χ3v) is 3.25. The van der Waals surface area contributed by atoms with Gasteiger partial charge in [-0.25, -0.2) is 4.68 Å². The van der Waals surface area contributed by atoms with Crippen LogP contribution in [0.15, 0.2) is 30.5 Å². The van der Waals surface area contributed by atoms with Crippen molar-refractivity contribution in [1.29, 1.82) is 0 Å². The molecule has 2 rings (SSSR count). The minimum Gasteiger partial charge on any atom is -0.350 e. The lowest BCUT2D eigenvalue weighted by Gasteiger charge is -2.06. The zero-order valence-corrected chi connectivity index (χ0v) is 12.6. The minimum absolute atomic E-state index is 0.130. The summed E-state index contributed by atoms with van der Waals surface area (Å²) in [6.07, 6.45) is 1.76. The molecule has 1 amide bonds. The molecule has 0 spiro atoms. The van der Waals surface area contributed by atoms with E-state index in [-0.39, 0.29) is 12.5 Å². The fraction of sp³-hybridized carbons (Fsp3) is 0.357. The average molecular weight is 308 g/mol. The first-order valence-electron chi connectivity index (χ1n) is 6.79. The molecule has 0 aliphatic carbocycles. The van der Waals surface area contributed by atoms with E-state index in [2.05, 4.69) is 20.9 Å². The Morgan fingerprint density at radius 2 is 2.14 bits per heavy atom. The second-order valence-corrected chi connectivity index (χ2v) is 4.96. The fourth-order valence-electron chi connectivity index (χ4n) is 1.79. The third kappa shape index (κ3) is 4.84. The highest BCUT2D eigenvalue weighted by Gasteiger charge is 2.07. The van der Waals surface area contributed by atoms with Crippen LogP contribution in [0, 0.1) is 0 Å². The number of amides is 1. The number of carbonyl (C=O) groups excluding carboxylic acids is 1. The standard InChI is InChI=1S/C14H18ClN5O/c1-2-16-8-12-9-20(19-18-12)10-14(21)17-7-11-5-3-4-6-13(11)15/h3-6,9,16H,2,7-8,10H2,1H3,(H,17,21). The van der Waals surface area contributed by atoms with Gasteiger partial charge in [-0.3, -0.25) is 4.79 Å². The Hall–Kier alpha value is -1.92. The van der Waals surface area contributed by atoms with Crippen LogP contribution >= 0.6 is 11.6 Å². The average Bonchev–Trinajstić information content (AvgIpc) is 2.91. The summed E-state index contributed by atoms with van der Waals surface area (Å²) in [7, 11) is 0. The third-order valence-electron chi connectivity index (χ3n) is 2.88. The van der Waals surface area contributed by atoms with E-state index >= 15 is 0 Å². The minimum atomic E-state index is -0.130. The van der Waals surface area contributed by atoms with Crippen molar-refractivity contribution in [1.82, 2.24) is 25.6 Å². The summed E-state index contributed by atoms with van der Waals surface area (Å²) in [6, 6.07) is 7.42. The number of benzene rings is 1. The zero-order chi connectivity index (χ0) is 15.1. The summed E-state index contributed by atoms with van der Waals surface area (Å²) < 4.78 is 1.52. The van der Waals surface area contributed by atoms with Gasteiger partial charge in [-0.1, -0.05) is 41.9 Å². The van der Waals surface area contributed by atoms with E-state index in [1.807, 2.05) is 25.1 Å². The van der Waals surface area contributed by atoms with Crippen molar-refractivity contribution >= 4 is 17.5 Å². The van der Waals surface area contributed by atoms with Gasteiger partial charge < -0.3 is 10.6 Å². The van der Waals surface area contributed by atoms with Gasteiger partial charge in [-0.2, -0.15) is 0 Å². The summed E-state index contributed by atoms with van der Waals surface area (Å²) in [5.74, 6) is -0.130. The maximum absolute atomic E-state index is 11.9. The van der Waals surface area contributed by atoms with Crippen LogP contribution in [-0.2, 0) is 24.4 Å². The summed E-state index contributed by atoms with van der Waals surface area (Å²) in [4.78, 5) is 11.9. The van der Waals surface area contributed by atoms with Gasteiger partial charge in [-0.15, -0.1) is 5.10 Å². The Morgan fingerprint density at radius 3 is 2.90 bits per heavy atom. The Labute approximate surface area is 128 Å². The number of carbonyl (C=O) groups is 1. The van der Waals surface area contributed by atoms with Gasteiger partial charge in [-0.05, 0) is 18.2 Å². The van der Waals surface area contributed by atoms with Gasteiger partial charge in [0.15, 0.2) is 0 Å². The topological polar surface area (TPSA) is 71.8 Å². The normalized spacial score (nSPS) is 10.6. The lowest BCUT2D eigenvalue weighted by atomic mass is 10.2. The van der Waals surface area contributed by atoms with Crippen molar-refractivity contribution in [2.45, 2.75) is 26.6 Å². The van der Waals surface area contributed by atoms with Crippen LogP contribution in [0.2, 0.25) is 5.02 Å². The number of halogens is 1. The van der Waals surface area contributed by atoms with Crippen molar-refractivity contribution in [2.24, 2.45) is 0 Å². The summed E-state index contributed by atoms with van der Waals surface area (Å²) >= 11 is 6.03. The van der Waals surface area contributed by atoms with Crippen molar-refractivity contribution in [3.8, 4) is 0 Å². The van der Waals surface area contributed by atoms with Crippen LogP contribution in [0.4, 0.5) is 0 Å². The molecule has 112 valence electrons. The molecule has 1 aromatic carbocycles. The molecule has 1 aromatic heterocycles. The van der Waals surface area contributed by atoms with Crippen molar-refractivity contribution in [2.75, 3.05) is 6.54 Å². The molecule has 0 saturated heterocycles. The molecular weight excluding hydrogens is 290 g/mol. The predicted octanol–water partition coefficient (Wildman–Crippen LogP) is 1.36. The van der Waals surface area contributed by atoms with E-state index in [1.54, 1.807) is 12.3 Å². The second kappa shape index (κ2) is 7.75. The van der Waals surface area contributed by atoms with E-state index in [0.717, 1.165) is 17.8 Å². The number of nitrogens with one attached hydrogen (secondary N) is 2. The molecule has 2 aromatic rings. The van der Waals surface area contributed by atoms with Crippen LogP contribution in [-0.4, -0.2) is 27.4 Å². The Bertz CT molecular complexity index is 599. The highest BCUT2D eigenvalue weighted by Crippen LogP contribution is 2.14. The fourth-order valence-corrected chi connectivity index (χ4v) is 1.99. The molecule has 0 radical (unpaired) electrons. The largest absolute Gasteiger partial charge is 0.350 e. The van der Waals surface area contributed by atoms with Crippen molar-refractivity contribution in [3.63, 3.8) is 0 Å². The van der Waals surface area contributed by atoms with Crippen LogP contribution in [0.3, 0.4) is 0 Å². The van der Waals surface area contributed by atoms with Crippen LogP contribution in [0.5, 0.6) is 0 Å². The SMILES string of the molecule is CCNCc1cn(CC(=O)NCc2ccccc2Cl)nn1. The van der Waals surface area contributed by atoms with E-state index in [1.165, 1.54) is 4.68 Å². The molecule has 0 atom stereocenters. The summed E-state index contributed by atoms with van der Waals surface area (Å²) in [5, 5.41) is 14.5. The van der Waals surface area contributed by atoms with E-state index in [0.29, 0.717) is 18.1 Å². The van der Waals surface area contributed by atoms with Crippen LogP contribution in [0.1, 0.15) is 18.2 Å². The molecule has 0 unspecified atom stereocenters. The molecule has 0 saturated carbocycles. The maximum atomic E-state index is 11.9. The first-order valence-corrected chi connectivity index (χ1v) is 7.16. The van der Waals surface area contributed by atoms with Gasteiger partial charge >= 0.3 is 0 Å². The molecule has 2 N–H and O–H groups in total. The lowest BCUT2D eigenvalue weighted by Crippen LogP contribution is -2.27. The number of hydrogen-bond donors (Lipinski definition) is 2. The molecule has 0 fully saturated rings. The Kier molecular flexibility index (Phi) is 5.71. The molecular formula is C14H18ClN5O. The number of aromatic nitrogens is 3. The summed E-state index contributed by atoms with van der Waals surface area (Å²) in [6.45, 7) is 4.08. The van der Waals surface area contributed by atoms with E-state index in [9.17, 15) is 4.79 Å². The van der Waals surface area contributed by atoms with Crippen molar-refractivity contribution in [3.05, 3.63) is 46.7 Å². The van der Waals surface area contributed by atoms with E-state index < -0.39 is 0 Å². The highest BCUT2D eigenvalue weighted by atomic mass is 35.5. The Balaban J connectivity index is 1.82. The molecule has 0 aliphatic heterocycles. The summed E-state index contributed by atoms with van der Waals surface area (Å²) in [5.41, 5.74) is 1.70. The monoisotopic (exact) mass is 307 g/mol. The maximum Gasteiger partial charge on any atom is 0.242 e. The lowest BCUT2D eigenvalue weighted by molar-refractivity contribution is -0.122. The first-order chi connectivity index (χ1) is 10.2. The number of hydrogen-bond acceptors (Lipinski definition) is 4. The van der Waals surface area contributed by atoms with Crippen LogP contribution < -0.4 is 10.6 Å². The van der Waals surface area contributed by atoms with Gasteiger partial charge in [0, 0.05) is 18.1 Å². The van der Waals surface area contributed by atoms with Gasteiger partial charge in [0.05, 0.1) is 11.9 Å². The van der Waals surface area contributed by atoms with E-state index in [4.69, 9.17) is 11.6 Å². The predicted molar refractivity (Wildman–Crippen MR) is 80.7 cm³/mol. The molecule has 7 heteroatoms. The van der Waals surface area contributed by atoms with Crippen molar-refractivity contribution < 1.29 is 4.79 Å². The molecule has 1 heterocycles. The number of nitrogens with zero attached hydrogens (tertiary/aromatic N) is 3. The quantitative estimate of drug-likeness (QED) is 0.810. The first kappa shape index (κ1) is 15.5. The van der Waals surface area contributed by atoms with Gasteiger partial charge in [0.1, 0.15) is 6.54 Å². The Morgan fingerprint density at radius 1 is 1.33 bits per heavy atom. The molecule has 0 bridgehead atoms. The zero-order valence-electron chi connectivity index (χ0n) is 11.8. The molecule has 6 nitrogen and oxygen atoms in total. The highest BCUT2D eigenvalue weighted by molar-refractivity contribution is 6.31. The second-order valence-electron chi connectivity index (χ2n) is 4.56. The molecule has 0 aliphatic rings.